The van der Waals surface area contributed by atoms with Gasteiger partial charge >= 0.3 is 6.03 Å². The third kappa shape index (κ3) is 7.13. The summed E-state index contributed by atoms with van der Waals surface area (Å²) in [5, 5.41) is 8.81. The fourth-order valence-corrected chi connectivity index (χ4v) is 3.35. The van der Waals surface area contributed by atoms with Gasteiger partial charge in [-0.15, -0.1) is 11.3 Å². The Morgan fingerprint density at radius 2 is 1.82 bits per heavy atom. The van der Waals surface area contributed by atoms with Crippen molar-refractivity contribution in [2.75, 3.05) is 18.4 Å². The number of urea groups is 1. The van der Waals surface area contributed by atoms with Crippen molar-refractivity contribution >= 4 is 40.6 Å². The van der Waals surface area contributed by atoms with Gasteiger partial charge in [-0.3, -0.25) is 4.79 Å². The lowest BCUT2D eigenvalue weighted by atomic mass is 10.2. The second-order valence-corrected chi connectivity index (χ2v) is 8.82. The molecule has 0 radical (unpaired) electrons. The molecule has 2 aromatic rings. The number of carbonyl (C=O) groups is 2. The molecular weight excluding hydrogens is 396 g/mol. The summed E-state index contributed by atoms with van der Waals surface area (Å²) >= 11 is 7.27. The quantitative estimate of drug-likeness (QED) is 0.637. The molecule has 0 aliphatic rings. The Labute approximate surface area is 175 Å². The van der Waals surface area contributed by atoms with Crippen LogP contribution in [0.3, 0.4) is 0 Å². The van der Waals surface area contributed by atoms with Crippen molar-refractivity contribution in [3.63, 3.8) is 0 Å². The van der Waals surface area contributed by atoms with Crippen LogP contribution in [0.15, 0.2) is 29.6 Å². The number of thiazole rings is 1. The molecule has 1 aromatic heterocycles. The molecule has 0 bridgehead atoms. The topological polar surface area (TPSA) is 74.3 Å². The van der Waals surface area contributed by atoms with Crippen molar-refractivity contribution in [2.45, 2.75) is 34.2 Å². The highest BCUT2D eigenvalue weighted by Gasteiger charge is 2.19. The van der Waals surface area contributed by atoms with Crippen LogP contribution < -0.4 is 10.6 Å². The second kappa shape index (κ2) is 10.4. The summed E-state index contributed by atoms with van der Waals surface area (Å²) in [6.07, 6.45) is 0. The van der Waals surface area contributed by atoms with Gasteiger partial charge in [0.1, 0.15) is 10.7 Å². The van der Waals surface area contributed by atoms with Crippen LogP contribution in [0.5, 0.6) is 0 Å². The van der Waals surface area contributed by atoms with Crippen LogP contribution in [0, 0.1) is 11.8 Å². The number of nitrogens with one attached hydrogen (secondary N) is 2. The second-order valence-electron chi connectivity index (χ2n) is 7.44. The van der Waals surface area contributed by atoms with E-state index in [2.05, 4.69) is 29.5 Å². The molecule has 2 N–H and O–H groups in total. The molecule has 28 heavy (non-hydrogen) atoms. The van der Waals surface area contributed by atoms with Crippen LogP contribution in [-0.2, 0) is 6.54 Å². The molecule has 0 unspecified atom stereocenters. The van der Waals surface area contributed by atoms with Gasteiger partial charge in [0.15, 0.2) is 0 Å². The lowest BCUT2D eigenvalue weighted by molar-refractivity contribution is 0.0944. The van der Waals surface area contributed by atoms with E-state index in [-0.39, 0.29) is 11.9 Å². The van der Waals surface area contributed by atoms with Crippen LogP contribution in [0.4, 0.5) is 10.5 Å². The molecule has 0 aliphatic carbocycles. The summed E-state index contributed by atoms with van der Waals surface area (Å²) < 4.78 is 0. The van der Waals surface area contributed by atoms with Gasteiger partial charge in [-0.05, 0) is 36.1 Å². The molecular formula is C20H27ClN4O2S. The summed E-state index contributed by atoms with van der Waals surface area (Å²) in [4.78, 5) is 31.0. The third-order valence-corrected chi connectivity index (χ3v) is 4.84. The van der Waals surface area contributed by atoms with Gasteiger partial charge in [-0.1, -0.05) is 39.3 Å². The number of halogens is 1. The summed E-state index contributed by atoms with van der Waals surface area (Å²) in [5.41, 5.74) is 1.07. The third-order valence-electron chi connectivity index (χ3n) is 3.75. The van der Waals surface area contributed by atoms with Crippen LogP contribution in [0.2, 0.25) is 5.02 Å². The van der Waals surface area contributed by atoms with Gasteiger partial charge in [0.2, 0.25) is 0 Å². The first-order valence-corrected chi connectivity index (χ1v) is 10.5. The summed E-state index contributed by atoms with van der Waals surface area (Å²) in [5.74, 6) is 0.488. The number of hydrogen-bond donors (Lipinski definition) is 2. The maximum atomic E-state index is 12.7. The van der Waals surface area contributed by atoms with Crippen LogP contribution in [0.25, 0.3) is 0 Å². The van der Waals surface area contributed by atoms with Crippen molar-refractivity contribution in [3.05, 3.63) is 45.4 Å². The summed E-state index contributed by atoms with van der Waals surface area (Å²) in [6, 6.07) is 6.76. The molecule has 0 atom stereocenters. The van der Waals surface area contributed by atoms with Gasteiger partial charge in [0, 0.05) is 29.2 Å². The summed E-state index contributed by atoms with van der Waals surface area (Å²) in [7, 11) is 0. The maximum Gasteiger partial charge on any atom is 0.322 e. The Kier molecular flexibility index (Phi) is 8.26. The first-order valence-electron chi connectivity index (χ1n) is 9.28. The van der Waals surface area contributed by atoms with E-state index >= 15 is 0 Å². The van der Waals surface area contributed by atoms with Gasteiger partial charge < -0.3 is 15.5 Å². The highest BCUT2D eigenvalue weighted by Crippen LogP contribution is 2.17. The first-order chi connectivity index (χ1) is 13.2. The molecule has 8 heteroatoms. The Balaban J connectivity index is 2.04. The lowest BCUT2D eigenvalue weighted by Crippen LogP contribution is -2.37. The number of rotatable bonds is 8. The standard InChI is InChI=1S/C20H27ClN4O2S/c1-13(2)9-22-19(26)17-12-28-18(24-17)11-25(10-14(3)4)20(27)23-16-7-5-15(21)6-8-16/h5-8,12-14H,9-11H2,1-4H3,(H,22,26)(H,23,27). The Hall–Kier alpha value is -2.12. The number of aromatic nitrogens is 1. The smallest absolute Gasteiger partial charge is 0.322 e. The SMILES string of the molecule is CC(C)CNC(=O)c1csc(CN(CC(C)C)C(=O)Nc2ccc(Cl)cc2)n1. The minimum Gasteiger partial charge on any atom is -0.350 e. The Morgan fingerprint density at radius 3 is 2.43 bits per heavy atom. The predicted octanol–water partition coefficient (Wildman–Crippen LogP) is 4.87. The molecule has 0 fully saturated rings. The van der Waals surface area contributed by atoms with E-state index in [0.717, 1.165) is 5.01 Å². The minimum atomic E-state index is -0.211. The number of anilines is 1. The van der Waals surface area contributed by atoms with E-state index in [4.69, 9.17) is 11.6 Å². The highest BCUT2D eigenvalue weighted by atomic mass is 35.5. The zero-order valence-electron chi connectivity index (χ0n) is 16.7. The van der Waals surface area contributed by atoms with Gasteiger partial charge in [-0.2, -0.15) is 0 Å². The van der Waals surface area contributed by atoms with E-state index in [1.54, 1.807) is 34.5 Å². The molecule has 1 aromatic carbocycles. The van der Waals surface area contributed by atoms with E-state index in [9.17, 15) is 9.59 Å². The van der Waals surface area contributed by atoms with E-state index in [1.807, 2.05) is 13.8 Å². The average Bonchev–Trinajstić information content (AvgIpc) is 3.09. The maximum absolute atomic E-state index is 12.7. The zero-order valence-corrected chi connectivity index (χ0v) is 18.2. The van der Waals surface area contributed by atoms with E-state index < -0.39 is 0 Å². The minimum absolute atomic E-state index is 0.183. The molecule has 0 saturated carbocycles. The van der Waals surface area contributed by atoms with Crippen molar-refractivity contribution in [1.29, 1.82) is 0 Å². The monoisotopic (exact) mass is 422 g/mol. The Morgan fingerprint density at radius 1 is 1.14 bits per heavy atom. The average molecular weight is 423 g/mol. The molecule has 0 spiro atoms. The number of amides is 3. The molecule has 0 aliphatic heterocycles. The molecule has 152 valence electrons. The molecule has 0 saturated heterocycles. The van der Waals surface area contributed by atoms with Crippen molar-refractivity contribution in [2.24, 2.45) is 11.8 Å². The molecule has 1 heterocycles. The molecule has 2 rings (SSSR count). The number of nitrogens with zero attached hydrogens (tertiary/aromatic N) is 2. The number of hydrogen-bond acceptors (Lipinski definition) is 4. The Bertz CT molecular complexity index is 790. The van der Waals surface area contributed by atoms with Gasteiger partial charge in [0.25, 0.3) is 5.91 Å². The van der Waals surface area contributed by atoms with E-state index in [1.165, 1.54) is 11.3 Å². The summed E-state index contributed by atoms with van der Waals surface area (Å²) in [6.45, 7) is 9.71. The largest absolute Gasteiger partial charge is 0.350 e. The van der Waals surface area contributed by atoms with Crippen molar-refractivity contribution < 1.29 is 9.59 Å². The van der Waals surface area contributed by atoms with Crippen LogP contribution in [-0.4, -0.2) is 34.9 Å². The zero-order chi connectivity index (χ0) is 20.7. The number of benzene rings is 1. The van der Waals surface area contributed by atoms with Gasteiger partial charge in [0.05, 0.1) is 6.54 Å². The molecule has 6 nitrogen and oxygen atoms in total. The fourth-order valence-electron chi connectivity index (χ4n) is 2.43. The lowest BCUT2D eigenvalue weighted by Gasteiger charge is -2.24. The van der Waals surface area contributed by atoms with Crippen molar-refractivity contribution in [3.8, 4) is 0 Å². The van der Waals surface area contributed by atoms with Crippen molar-refractivity contribution in [1.82, 2.24) is 15.2 Å². The van der Waals surface area contributed by atoms with E-state index in [0.29, 0.717) is 47.9 Å². The molecule has 3 amide bonds. The fraction of sp³-hybridized carbons (Fsp3) is 0.450. The first kappa shape index (κ1) is 22.2. The van der Waals surface area contributed by atoms with Crippen LogP contribution in [0.1, 0.15) is 43.2 Å². The normalized spacial score (nSPS) is 11.0. The van der Waals surface area contributed by atoms with Crippen LogP contribution >= 0.6 is 22.9 Å². The predicted molar refractivity (Wildman–Crippen MR) is 115 cm³/mol. The van der Waals surface area contributed by atoms with Gasteiger partial charge in [-0.25, -0.2) is 9.78 Å². The number of carbonyl (C=O) groups excluding carboxylic acids is 2. The highest BCUT2D eigenvalue weighted by molar-refractivity contribution is 7.09.